The molecule has 0 atom stereocenters. The molecule has 3 nitrogen and oxygen atoms in total. The van der Waals surface area contributed by atoms with Gasteiger partial charge in [0.15, 0.2) is 4.34 Å². The molecule has 3 aromatic rings. The van der Waals surface area contributed by atoms with Crippen LogP contribution in [0.5, 0.6) is 0 Å². The highest BCUT2D eigenvalue weighted by Crippen LogP contribution is 2.28. The lowest BCUT2D eigenvalue weighted by molar-refractivity contribution is 0.995. The minimum Gasteiger partial charge on any atom is -0.356 e. The molecular weight excluding hydrogens is 369 g/mol. The maximum atomic E-state index is 5.88. The predicted molar refractivity (Wildman–Crippen MR) is 99.7 cm³/mol. The Hall–Kier alpha value is -1.27. The highest BCUT2D eigenvalue weighted by molar-refractivity contribution is 8.00. The van der Waals surface area contributed by atoms with Gasteiger partial charge in [-0.05, 0) is 35.4 Å². The molecule has 0 bridgehead atoms. The molecule has 118 valence electrons. The van der Waals surface area contributed by atoms with Gasteiger partial charge >= 0.3 is 0 Å². The second kappa shape index (κ2) is 8.02. The Morgan fingerprint density at radius 2 is 1.48 bits per heavy atom. The molecule has 0 saturated heterocycles. The summed E-state index contributed by atoms with van der Waals surface area (Å²) in [5, 5.41) is 14.0. The summed E-state index contributed by atoms with van der Waals surface area (Å²) in [5.41, 5.74) is 2.37. The summed E-state index contributed by atoms with van der Waals surface area (Å²) in [6, 6.07) is 15.6. The van der Waals surface area contributed by atoms with Crippen LogP contribution in [-0.2, 0) is 12.3 Å². The average Bonchev–Trinajstić information content (AvgIpc) is 3.02. The number of halogens is 2. The van der Waals surface area contributed by atoms with E-state index in [9.17, 15) is 0 Å². The van der Waals surface area contributed by atoms with Crippen LogP contribution < -0.4 is 5.32 Å². The van der Waals surface area contributed by atoms with Crippen LogP contribution in [0.25, 0.3) is 0 Å². The normalized spacial score (nSPS) is 10.7. The van der Waals surface area contributed by atoms with Crippen molar-refractivity contribution < 1.29 is 0 Å². The summed E-state index contributed by atoms with van der Waals surface area (Å²) in [4.78, 5) is 0. The van der Waals surface area contributed by atoms with E-state index >= 15 is 0 Å². The van der Waals surface area contributed by atoms with E-state index in [0.29, 0.717) is 6.54 Å². The number of anilines is 1. The van der Waals surface area contributed by atoms with Gasteiger partial charge in [0.25, 0.3) is 0 Å². The van der Waals surface area contributed by atoms with E-state index in [-0.39, 0.29) is 0 Å². The lowest BCUT2D eigenvalue weighted by Gasteiger charge is -2.02. The Morgan fingerprint density at radius 3 is 2.13 bits per heavy atom. The van der Waals surface area contributed by atoms with Gasteiger partial charge in [-0.25, -0.2) is 0 Å². The summed E-state index contributed by atoms with van der Waals surface area (Å²) >= 11 is 15.0. The Bertz CT molecular complexity index is 694. The monoisotopic (exact) mass is 381 g/mol. The fourth-order valence-corrected chi connectivity index (χ4v) is 3.80. The van der Waals surface area contributed by atoms with Crippen molar-refractivity contribution in [2.75, 3.05) is 5.32 Å². The first-order valence-corrected chi connectivity index (χ1v) is 9.44. The average molecular weight is 382 g/mol. The molecule has 7 heteroatoms. The zero-order valence-electron chi connectivity index (χ0n) is 12.0. The van der Waals surface area contributed by atoms with Gasteiger partial charge in [-0.3, -0.25) is 0 Å². The number of rotatable bonds is 6. The van der Waals surface area contributed by atoms with Gasteiger partial charge < -0.3 is 5.32 Å². The molecule has 1 heterocycles. The second-order valence-corrected chi connectivity index (χ2v) is 7.84. The third-order valence-corrected chi connectivity index (χ3v) is 5.63. The molecule has 0 fully saturated rings. The van der Waals surface area contributed by atoms with Crippen LogP contribution in [0.2, 0.25) is 10.0 Å². The Morgan fingerprint density at radius 1 is 0.870 bits per heavy atom. The number of hydrogen-bond donors (Lipinski definition) is 1. The third-order valence-electron chi connectivity index (χ3n) is 3.04. The van der Waals surface area contributed by atoms with Crippen molar-refractivity contribution in [1.82, 2.24) is 10.2 Å². The first kappa shape index (κ1) is 16.6. The van der Waals surface area contributed by atoms with E-state index in [0.717, 1.165) is 30.8 Å². The molecule has 23 heavy (non-hydrogen) atoms. The van der Waals surface area contributed by atoms with Crippen molar-refractivity contribution >= 4 is 51.4 Å². The van der Waals surface area contributed by atoms with Crippen LogP contribution in [0.1, 0.15) is 11.1 Å². The lowest BCUT2D eigenvalue weighted by atomic mass is 10.2. The minimum atomic E-state index is 0.702. The number of nitrogens with one attached hydrogen (secondary N) is 1. The molecule has 1 N–H and O–H groups in total. The Balaban J connectivity index is 1.51. The summed E-state index contributed by atoms with van der Waals surface area (Å²) in [6.07, 6.45) is 0. The Labute approximate surface area is 153 Å². The van der Waals surface area contributed by atoms with E-state index in [1.807, 2.05) is 48.5 Å². The molecule has 0 aliphatic rings. The van der Waals surface area contributed by atoms with Gasteiger partial charge in [0, 0.05) is 22.3 Å². The van der Waals surface area contributed by atoms with Crippen LogP contribution in [-0.4, -0.2) is 10.2 Å². The van der Waals surface area contributed by atoms with Crippen molar-refractivity contribution in [3.05, 3.63) is 69.7 Å². The maximum absolute atomic E-state index is 5.88. The molecule has 1 aromatic heterocycles. The molecule has 0 amide bonds. The van der Waals surface area contributed by atoms with Gasteiger partial charge in [0.05, 0.1) is 0 Å². The van der Waals surface area contributed by atoms with Crippen molar-refractivity contribution in [3.8, 4) is 0 Å². The standard InChI is InChI=1S/C16H13Cl2N3S2/c17-13-5-1-11(2-6-13)9-19-15-20-21-16(23-15)22-10-12-3-7-14(18)8-4-12/h1-8H,9-10H2,(H,19,20). The van der Waals surface area contributed by atoms with Crippen LogP contribution >= 0.6 is 46.3 Å². The fourth-order valence-electron chi connectivity index (χ4n) is 1.85. The van der Waals surface area contributed by atoms with E-state index in [2.05, 4.69) is 15.5 Å². The van der Waals surface area contributed by atoms with Gasteiger partial charge in [0.2, 0.25) is 5.13 Å². The number of thioether (sulfide) groups is 1. The van der Waals surface area contributed by atoms with Gasteiger partial charge in [-0.2, -0.15) is 0 Å². The molecule has 0 saturated carbocycles. The summed E-state index contributed by atoms with van der Waals surface area (Å²) in [6.45, 7) is 0.702. The highest BCUT2D eigenvalue weighted by atomic mass is 35.5. The van der Waals surface area contributed by atoms with E-state index in [1.165, 1.54) is 5.56 Å². The number of nitrogens with zero attached hydrogens (tertiary/aromatic N) is 2. The molecule has 0 aliphatic carbocycles. The predicted octanol–water partition coefficient (Wildman–Crippen LogP) is 5.75. The molecule has 2 aromatic carbocycles. The van der Waals surface area contributed by atoms with Crippen LogP contribution in [0.4, 0.5) is 5.13 Å². The Kier molecular flexibility index (Phi) is 5.78. The number of hydrogen-bond acceptors (Lipinski definition) is 5. The second-order valence-electron chi connectivity index (χ2n) is 4.77. The smallest absolute Gasteiger partial charge is 0.206 e. The van der Waals surface area contributed by atoms with Crippen molar-refractivity contribution in [1.29, 1.82) is 0 Å². The summed E-state index contributed by atoms with van der Waals surface area (Å²) in [7, 11) is 0. The molecule has 3 rings (SSSR count). The topological polar surface area (TPSA) is 37.8 Å². The number of benzene rings is 2. The zero-order valence-corrected chi connectivity index (χ0v) is 15.1. The molecule has 0 spiro atoms. The zero-order chi connectivity index (χ0) is 16.1. The van der Waals surface area contributed by atoms with Gasteiger partial charge in [-0.15, -0.1) is 10.2 Å². The minimum absolute atomic E-state index is 0.702. The largest absolute Gasteiger partial charge is 0.356 e. The van der Waals surface area contributed by atoms with Crippen LogP contribution in [0.15, 0.2) is 52.9 Å². The van der Waals surface area contributed by atoms with Crippen molar-refractivity contribution in [2.24, 2.45) is 0 Å². The van der Waals surface area contributed by atoms with Crippen LogP contribution in [0.3, 0.4) is 0 Å². The SMILES string of the molecule is Clc1ccc(CNc2nnc(SCc3ccc(Cl)cc3)s2)cc1. The van der Waals surface area contributed by atoms with E-state index in [4.69, 9.17) is 23.2 Å². The van der Waals surface area contributed by atoms with Crippen molar-refractivity contribution in [2.45, 2.75) is 16.6 Å². The van der Waals surface area contributed by atoms with E-state index in [1.54, 1.807) is 23.1 Å². The van der Waals surface area contributed by atoms with Gasteiger partial charge in [0.1, 0.15) is 0 Å². The first-order chi connectivity index (χ1) is 11.2. The first-order valence-electron chi connectivity index (χ1n) is 6.88. The number of aromatic nitrogens is 2. The third kappa shape index (κ3) is 5.11. The fraction of sp³-hybridized carbons (Fsp3) is 0.125. The van der Waals surface area contributed by atoms with Crippen molar-refractivity contribution in [3.63, 3.8) is 0 Å². The highest BCUT2D eigenvalue weighted by Gasteiger charge is 2.05. The van der Waals surface area contributed by atoms with E-state index < -0.39 is 0 Å². The molecule has 0 aliphatic heterocycles. The summed E-state index contributed by atoms with van der Waals surface area (Å²) < 4.78 is 0.943. The van der Waals surface area contributed by atoms with Crippen LogP contribution in [0, 0.1) is 0 Å². The summed E-state index contributed by atoms with van der Waals surface area (Å²) in [5.74, 6) is 0.850. The quantitative estimate of drug-likeness (QED) is 0.551. The maximum Gasteiger partial charge on any atom is 0.206 e. The molecule has 0 unspecified atom stereocenters. The molecular formula is C16H13Cl2N3S2. The molecule has 0 radical (unpaired) electrons. The lowest BCUT2D eigenvalue weighted by Crippen LogP contribution is -1.98. The van der Waals surface area contributed by atoms with Gasteiger partial charge in [-0.1, -0.05) is 70.6 Å².